The average Bonchev–Trinajstić information content (AvgIpc) is 2.70. The average molecular weight is 381 g/mol. The minimum absolute atomic E-state index is 0.474. The third kappa shape index (κ3) is 4.72. The van der Waals surface area contributed by atoms with Crippen molar-refractivity contribution in [3.8, 4) is 0 Å². The van der Waals surface area contributed by atoms with Gasteiger partial charge in [0, 0.05) is 43.4 Å². The van der Waals surface area contributed by atoms with E-state index in [1.807, 2.05) is 24.3 Å². The van der Waals surface area contributed by atoms with Crippen molar-refractivity contribution in [3.63, 3.8) is 0 Å². The molecule has 7 heteroatoms. The molecule has 0 radical (unpaired) electrons. The second-order valence-corrected chi connectivity index (χ2v) is 6.96. The van der Waals surface area contributed by atoms with Crippen LogP contribution in [0, 0.1) is 0 Å². The molecule has 0 saturated carbocycles. The van der Waals surface area contributed by atoms with Crippen LogP contribution in [0.15, 0.2) is 60.8 Å². The fourth-order valence-electron chi connectivity index (χ4n) is 3.17. The minimum atomic E-state index is 0.474. The van der Waals surface area contributed by atoms with E-state index in [1.165, 1.54) is 5.56 Å². The summed E-state index contributed by atoms with van der Waals surface area (Å²) in [5, 5.41) is 12.0. The maximum absolute atomic E-state index is 6.03. The quantitative estimate of drug-likeness (QED) is 0.730. The van der Waals surface area contributed by atoms with Crippen LogP contribution in [0.3, 0.4) is 0 Å². The largest absolute Gasteiger partial charge is 0.353 e. The number of halogens is 1. The van der Waals surface area contributed by atoms with Crippen LogP contribution in [-0.4, -0.2) is 46.3 Å². The summed E-state index contributed by atoms with van der Waals surface area (Å²) in [6.07, 6.45) is 1.72. The van der Waals surface area contributed by atoms with Gasteiger partial charge in [-0.05, 0) is 23.8 Å². The topological polar surface area (TPSA) is 57.2 Å². The number of hydrogen-bond acceptors (Lipinski definition) is 6. The van der Waals surface area contributed by atoms with Gasteiger partial charge in [-0.25, -0.2) is 0 Å². The van der Waals surface area contributed by atoms with Crippen LogP contribution < -0.4 is 10.2 Å². The first-order valence-corrected chi connectivity index (χ1v) is 9.37. The van der Waals surface area contributed by atoms with Gasteiger partial charge in [-0.15, -0.1) is 5.10 Å². The van der Waals surface area contributed by atoms with Crippen molar-refractivity contribution < 1.29 is 0 Å². The number of rotatable bonds is 5. The lowest BCUT2D eigenvalue weighted by atomic mass is 10.2. The van der Waals surface area contributed by atoms with Crippen molar-refractivity contribution in [3.05, 3.63) is 71.4 Å². The summed E-state index contributed by atoms with van der Waals surface area (Å²) in [5.41, 5.74) is 2.19. The molecule has 2 aromatic carbocycles. The van der Waals surface area contributed by atoms with Crippen molar-refractivity contribution in [2.75, 3.05) is 36.4 Å². The third-order valence-corrected chi connectivity index (χ3v) is 4.81. The smallest absolute Gasteiger partial charge is 0.249 e. The standard InChI is InChI=1S/C20H21ClN6/c21-17-7-4-8-18(13-17)23-20-24-19(14-22-25-20)27-11-9-26(10-12-27)15-16-5-2-1-3-6-16/h1-8,13-14H,9-12,15H2,(H,23,24,25). The molecule has 0 amide bonds. The summed E-state index contributed by atoms with van der Waals surface area (Å²) in [4.78, 5) is 9.32. The molecule has 2 heterocycles. The maximum Gasteiger partial charge on any atom is 0.249 e. The van der Waals surface area contributed by atoms with Gasteiger partial charge in [-0.2, -0.15) is 10.1 Å². The number of nitrogens with one attached hydrogen (secondary N) is 1. The third-order valence-electron chi connectivity index (χ3n) is 4.57. The van der Waals surface area contributed by atoms with Crippen LogP contribution in [0.25, 0.3) is 0 Å². The fourth-order valence-corrected chi connectivity index (χ4v) is 3.36. The van der Waals surface area contributed by atoms with E-state index in [4.69, 9.17) is 11.6 Å². The molecule has 6 nitrogen and oxygen atoms in total. The molecule has 0 unspecified atom stereocenters. The Bertz CT molecular complexity index is 880. The van der Waals surface area contributed by atoms with Gasteiger partial charge < -0.3 is 10.2 Å². The maximum atomic E-state index is 6.03. The van der Waals surface area contributed by atoms with Gasteiger partial charge >= 0.3 is 0 Å². The Morgan fingerprint density at radius 1 is 0.963 bits per heavy atom. The highest BCUT2D eigenvalue weighted by atomic mass is 35.5. The van der Waals surface area contributed by atoms with Crippen LogP contribution in [-0.2, 0) is 6.54 Å². The zero-order valence-electron chi connectivity index (χ0n) is 14.9. The zero-order valence-corrected chi connectivity index (χ0v) is 15.7. The normalized spacial score (nSPS) is 14.9. The number of nitrogens with zero attached hydrogens (tertiary/aromatic N) is 5. The fraction of sp³-hybridized carbons (Fsp3) is 0.250. The van der Waals surface area contributed by atoms with E-state index in [0.717, 1.165) is 44.2 Å². The summed E-state index contributed by atoms with van der Waals surface area (Å²) >= 11 is 6.03. The van der Waals surface area contributed by atoms with Gasteiger partial charge in [-0.3, -0.25) is 4.90 Å². The first kappa shape index (κ1) is 17.7. The zero-order chi connectivity index (χ0) is 18.5. The molecule has 3 aromatic rings. The van der Waals surface area contributed by atoms with Gasteiger partial charge in [0.2, 0.25) is 5.95 Å². The molecule has 138 valence electrons. The van der Waals surface area contributed by atoms with Gasteiger partial charge in [0.25, 0.3) is 0 Å². The van der Waals surface area contributed by atoms with E-state index < -0.39 is 0 Å². The SMILES string of the molecule is Clc1cccc(Nc2nncc(N3CCN(Cc4ccccc4)CC3)n2)c1. The molecule has 4 rings (SSSR count). The highest BCUT2D eigenvalue weighted by Gasteiger charge is 2.19. The molecule has 1 aromatic heterocycles. The molecule has 0 spiro atoms. The number of benzene rings is 2. The van der Waals surface area contributed by atoms with E-state index in [-0.39, 0.29) is 0 Å². The molecular formula is C20H21ClN6. The van der Waals surface area contributed by atoms with E-state index in [2.05, 4.69) is 60.6 Å². The first-order valence-electron chi connectivity index (χ1n) is 9.00. The van der Waals surface area contributed by atoms with E-state index in [9.17, 15) is 0 Å². The lowest BCUT2D eigenvalue weighted by Crippen LogP contribution is -2.46. The molecule has 1 aliphatic heterocycles. The lowest BCUT2D eigenvalue weighted by Gasteiger charge is -2.35. The highest BCUT2D eigenvalue weighted by Crippen LogP contribution is 2.20. The molecule has 0 aliphatic carbocycles. The number of hydrogen-bond donors (Lipinski definition) is 1. The molecule has 1 N–H and O–H groups in total. The Kier molecular flexibility index (Phi) is 5.46. The van der Waals surface area contributed by atoms with Gasteiger partial charge in [0.1, 0.15) is 0 Å². The molecule has 1 fully saturated rings. The second-order valence-electron chi connectivity index (χ2n) is 6.52. The molecule has 27 heavy (non-hydrogen) atoms. The Morgan fingerprint density at radius 2 is 1.78 bits per heavy atom. The van der Waals surface area contributed by atoms with Crippen LogP contribution in [0.1, 0.15) is 5.56 Å². The van der Waals surface area contributed by atoms with Gasteiger partial charge in [-0.1, -0.05) is 48.0 Å². The monoisotopic (exact) mass is 380 g/mol. The van der Waals surface area contributed by atoms with Crippen molar-refractivity contribution >= 4 is 29.1 Å². The summed E-state index contributed by atoms with van der Waals surface area (Å²) < 4.78 is 0. The Morgan fingerprint density at radius 3 is 2.56 bits per heavy atom. The van der Waals surface area contributed by atoms with Crippen molar-refractivity contribution in [1.82, 2.24) is 20.1 Å². The van der Waals surface area contributed by atoms with Crippen molar-refractivity contribution in [2.24, 2.45) is 0 Å². The molecule has 0 bridgehead atoms. The van der Waals surface area contributed by atoms with Crippen LogP contribution in [0.5, 0.6) is 0 Å². The Labute approximate surface area is 163 Å². The van der Waals surface area contributed by atoms with Crippen LogP contribution in [0.2, 0.25) is 5.02 Å². The Balaban J connectivity index is 1.37. The lowest BCUT2D eigenvalue weighted by molar-refractivity contribution is 0.249. The number of aromatic nitrogens is 3. The second kappa shape index (κ2) is 8.33. The Hall–Kier alpha value is -2.70. The van der Waals surface area contributed by atoms with Crippen molar-refractivity contribution in [2.45, 2.75) is 6.54 Å². The minimum Gasteiger partial charge on any atom is -0.353 e. The summed E-state index contributed by atoms with van der Waals surface area (Å²) in [6, 6.07) is 18.1. The van der Waals surface area contributed by atoms with Crippen molar-refractivity contribution in [1.29, 1.82) is 0 Å². The number of piperazine rings is 1. The van der Waals surface area contributed by atoms with E-state index in [0.29, 0.717) is 11.0 Å². The van der Waals surface area contributed by atoms with Crippen LogP contribution in [0.4, 0.5) is 17.5 Å². The van der Waals surface area contributed by atoms with Crippen LogP contribution >= 0.6 is 11.6 Å². The molecule has 1 aliphatic rings. The summed E-state index contributed by atoms with van der Waals surface area (Å²) in [5.74, 6) is 1.32. The summed E-state index contributed by atoms with van der Waals surface area (Å²) in [7, 11) is 0. The predicted molar refractivity (Wildman–Crippen MR) is 108 cm³/mol. The van der Waals surface area contributed by atoms with Gasteiger partial charge in [0.05, 0.1) is 6.20 Å². The molecule has 0 atom stereocenters. The first-order chi connectivity index (χ1) is 13.3. The molecule has 1 saturated heterocycles. The molecular weight excluding hydrogens is 360 g/mol. The van der Waals surface area contributed by atoms with E-state index >= 15 is 0 Å². The summed E-state index contributed by atoms with van der Waals surface area (Å²) in [6.45, 7) is 4.81. The van der Waals surface area contributed by atoms with Gasteiger partial charge in [0.15, 0.2) is 5.82 Å². The predicted octanol–water partition coefficient (Wildman–Crippen LogP) is 3.59. The number of anilines is 3. The van der Waals surface area contributed by atoms with E-state index in [1.54, 1.807) is 6.20 Å². The highest BCUT2D eigenvalue weighted by molar-refractivity contribution is 6.30.